The molecule has 1 aliphatic rings. The van der Waals surface area contributed by atoms with Gasteiger partial charge in [-0.05, 0) is 26.2 Å². The third kappa shape index (κ3) is 3.63. The second-order valence-corrected chi connectivity index (χ2v) is 3.60. The van der Waals surface area contributed by atoms with E-state index in [2.05, 4.69) is 10.6 Å². The minimum Gasteiger partial charge on any atom is -0.383 e. The van der Waals surface area contributed by atoms with Gasteiger partial charge in [-0.25, -0.2) is 4.79 Å². The van der Waals surface area contributed by atoms with Gasteiger partial charge in [0, 0.05) is 13.2 Å². The molecule has 0 aromatic carbocycles. The second kappa shape index (κ2) is 5.07. The quantitative estimate of drug-likeness (QED) is 0.684. The van der Waals surface area contributed by atoms with E-state index in [1.54, 1.807) is 7.11 Å². The lowest BCUT2D eigenvalue weighted by atomic mass is 9.93. The van der Waals surface area contributed by atoms with Crippen molar-refractivity contribution in [3.05, 3.63) is 0 Å². The molecule has 1 saturated carbocycles. The SMILES string of the molecule is COCC(C)NC(=O)NC1CCC1. The maximum Gasteiger partial charge on any atom is 0.315 e. The Morgan fingerprint density at radius 3 is 2.77 bits per heavy atom. The van der Waals surface area contributed by atoms with Crippen molar-refractivity contribution in [2.45, 2.75) is 38.3 Å². The van der Waals surface area contributed by atoms with Crippen molar-refractivity contribution in [2.75, 3.05) is 13.7 Å². The van der Waals surface area contributed by atoms with Crippen LogP contribution in [0.2, 0.25) is 0 Å². The Balaban J connectivity index is 2.08. The van der Waals surface area contributed by atoms with Crippen LogP contribution in [0.3, 0.4) is 0 Å². The summed E-state index contributed by atoms with van der Waals surface area (Å²) >= 11 is 0. The van der Waals surface area contributed by atoms with E-state index in [0.29, 0.717) is 12.6 Å². The molecule has 0 spiro atoms. The van der Waals surface area contributed by atoms with Crippen LogP contribution < -0.4 is 10.6 Å². The van der Waals surface area contributed by atoms with E-state index in [1.165, 1.54) is 6.42 Å². The Morgan fingerprint density at radius 1 is 1.62 bits per heavy atom. The zero-order valence-electron chi connectivity index (χ0n) is 8.30. The van der Waals surface area contributed by atoms with Gasteiger partial charge in [0.1, 0.15) is 0 Å². The van der Waals surface area contributed by atoms with Crippen molar-refractivity contribution in [3.8, 4) is 0 Å². The first-order valence-electron chi connectivity index (χ1n) is 4.78. The third-order valence-corrected chi connectivity index (χ3v) is 2.23. The lowest BCUT2D eigenvalue weighted by Crippen LogP contribution is -2.48. The van der Waals surface area contributed by atoms with E-state index in [1.807, 2.05) is 6.92 Å². The first kappa shape index (κ1) is 10.3. The summed E-state index contributed by atoms with van der Waals surface area (Å²) in [6, 6.07) is 0.397. The molecule has 0 saturated heterocycles. The first-order valence-corrected chi connectivity index (χ1v) is 4.78. The number of carbonyl (C=O) groups excluding carboxylic acids is 1. The Morgan fingerprint density at radius 2 is 2.31 bits per heavy atom. The Labute approximate surface area is 79.0 Å². The summed E-state index contributed by atoms with van der Waals surface area (Å²) in [5.41, 5.74) is 0. The van der Waals surface area contributed by atoms with Gasteiger partial charge in [0.25, 0.3) is 0 Å². The molecule has 0 radical (unpaired) electrons. The summed E-state index contributed by atoms with van der Waals surface area (Å²) < 4.78 is 4.91. The van der Waals surface area contributed by atoms with Crippen molar-refractivity contribution in [3.63, 3.8) is 0 Å². The number of nitrogens with one attached hydrogen (secondary N) is 2. The number of urea groups is 1. The van der Waals surface area contributed by atoms with E-state index in [9.17, 15) is 4.79 Å². The van der Waals surface area contributed by atoms with Crippen LogP contribution >= 0.6 is 0 Å². The van der Waals surface area contributed by atoms with Gasteiger partial charge in [0.2, 0.25) is 0 Å². The number of ether oxygens (including phenoxy) is 1. The standard InChI is InChI=1S/C9H18N2O2/c1-7(6-13-2)10-9(12)11-8-4-3-5-8/h7-8H,3-6H2,1-2H3,(H2,10,11,12). The van der Waals surface area contributed by atoms with Crippen LogP contribution in [-0.2, 0) is 4.74 Å². The summed E-state index contributed by atoms with van der Waals surface area (Å²) in [6.07, 6.45) is 3.47. The molecule has 1 rings (SSSR count). The minimum atomic E-state index is -0.0748. The van der Waals surface area contributed by atoms with Crippen molar-refractivity contribution in [1.82, 2.24) is 10.6 Å². The summed E-state index contributed by atoms with van der Waals surface area (Å²) in [4.78, 5) is 11.3. The zero-order chi connectivity index (χ0) is 9.68. The predicted octanol–water partition coefficient (Wildman–Crippen LogP) is 0.873. The Hall–Kier alpha value is -0.770. The van der Waals surface area contributed by atoms with Gasteiger partial charge in [-0.15, -0.1) is 0 Å². The van der Waals surface area contributed by atoms with Crippen molar-refractivity contribution >= 4 is 6.03 Å². The van der Waals surface area contributed by atoms with Gasteiger partial charge in [0.15, 0.2) is 0 Å². The molecule has 1 aliphatic carbocycles. The molecule has 4 heteroatoms. The first-order chi connectivity index (χ1) is 6.22. The molecule has 1 fully saturated rings. The van der Waals surface area contributed by atoms with Crippen molar-refractivity contribution in [1.29, 1.82) is 0 Å². The highest BCUT2D eigenvalue weighted by atomic mass is 16.5. The van der Waals surface area contributed by atoms with Gasteiger partial charge in [0.05, 0.1) is 12.6 Å². The number of carbonyl (C=O) groups is 1. The van der Waals surface area contributed by atoms with Gasteiger partial charge in [-0.1, -0.05) is 0 Å². The highest BCUT2D eigenvalue weighted by molar-refractivity contribution is 5.74. The average Bonchev–Trinajstić information content (AvgIpc) is 1.97. The number of hydrogen-bond donors (Lipinski definition) is 2. The summed E-state index contributed by atoms with van der Waals surface area (Å²) in [6.45, 7) is 2.47. The molecule has 0 heterocycles. The maximum absolute atomic E-state index is 11.3. The molecule has 13 heavy (non-hydrogen) atoms. The van der Waals surface area contributed by atoms with Crippen molar-refractivity contribution in [2.24, 2.45) is 0 Å². The lowest BCUT2D eigenvalue weighted by molar-refractivity contribution is 0.169. The van der Waals surface area contributed by atoms with E-state index in [0.717, 1.165) is 12.8 Å². The monoisotopic (exact) mass is 186 g/mol. The summed E-state index contributed by atoms with van der Waals surface area (Å²) in [5, 5.41) is 5.70. The van der Waals surface area contributed by atoms with Gasteiger partial charge in [-0.3, -0.25) is 0 Å². The van der Waals surface area contributed by atoms with E-state index < -0.39 is 0 Å². The smallest absolute Gasteiger partial charge is 0.315 e. The highest BCUT2D eigenvalue weighted by Crippen LogP contribution is 2.17. The molecule has 1 unspecified atom stereocenters. The maximum atomic E-state index is 11.3. The largest absolute Gasteiger partial charge is 0.383 e. The molecule has 1 atom stereocenters. The molecule has 2 N–H and O–H groups in total. The number of hydrogen-bond acceptors (Lipinski definition) is 2. The van der Waals surface area contributed by atoms with Crippen LogP contribution in [0.5, 0.6) is 0 Å². The van der Waals surface area contributed by atoms with Gasteiger partial charge < -0.3 is 15.4 Å². The third-order valence-electron chi connectivity index (χ3n) is 2.23. The Kier molecular flexibility index (Phi) is 4.02. The fourth-order valence-corrected chi connectivity index (χ4v) is 1.30. The molecule has 4 nitrogen and oxygen atoms in total. The van der Waals surface area contributed by atoms with E-state index >= 15 is 0 Å². The van der Waals surface area contributed by atoms with Crippen LogP contribution in [0.15, 0.2) is 0 Å². The Bertz CT molecular complexity index is 169. The molecular formula is C9H18N2O2. The van der Waals surface area contributed by atoms with Crippen LogP contribution in [-0.4, -0.2) is 31.8 Å². The fraction of sp³-hybridized carbons (Fsp3) is 0.889. The van der Waals surface area contributed by atoms with Crippen LogP contribution in [0.25, 0.3) is 0 Å². The van der Waals surface area contributed by atoms with Crippen LogP contribution in [0, 0.1) is 0 Å². The zero-order valence-corrected chi connectivity index (χ0v) is 8.30. The van der Waals surface area contributed by atoms with Crippen LogP contribution in [0.4, 0.5) is 4.79 Å². The number of amides is 2. The van der Waals surface area contributed by atoms with Gasteiger partial charge in [-0.2, -0.15) is 0 Å². The number of methoxy groups -OCH3 is 1. The highest BCUT2D eigenvalue weighted by Gasteiger charge is 2.19. The molecule has 0 bridgehead atoms. The lowest BCUT2D eigenvalue weighted by Gasteiger charge is -2.27. The van der Waals surface area contributed by atoms with E-state index in [4.69, 9.17) is 4.74 Å². The second-order valence-electron chi connectivity index (χ2n) is 3.60. The molecule has 2 amide bonds. The molecule has 0 aromatic rings. The van der Waals surface area contributed by atoms with Gasteiger partial charge >= 0.3 is 6.03 Å². The molecule has 0 aromatic heterocycles. The average molecular weight is 186 g/mol. The van der Waals surface area contributed by atoms with Crippen LogP contribution in [0.1, 0.15) is 26.2 Å². The number of rotatable bonds is 4. The molecule has 76 valence electrons. The summed E-state index contributed by atoms with van der Waals surface area (Å²) in [5.74, 6) is 0. The summed E-state index contributed by atoms with van der Waals surface area (Å²) in [7, 11) is 1.63. The normalized spacial score (nSPS) is 18.9. The van der Waals surface area contributed by atoms with Crippen molar-refractivity contribution < 1.29 is 9.53 Å². The predicted molar refractivity (Wildman–Crippen MR) is 50.6 cm³/mol. The molecular weight excluding hydrogens is 168 g/mol. The van der Waals surface area contributed by atoms with E-state index in [-0.39, 0.29) is 12.1 Å². The topological polar surface area (TPSA) is 50.4 Å². The fourth-order valence-electron chi connectivity index (χ4n) is 1.30. The minimum absolute atomic E-state index is 0.0741. The molecule has 0 aliphatic heterocycles.